The quantitative estimate of drug-likeness (QED) is 0.286. The molecule has 1 aromatic rings. The molecule has 0 radical (unpaired) electrons. The molecule has 3 atom stereocenters. The molecule has 4 rings (SSSR count). The monoisotopic (exact) mass is 608 g/mol. The highest BCUT2D eigenvalue weighted by Crippen LogP contribution is 2.43. The lowest BCUT2D eigenvalue weighted by Gasteiger charge is -2.42. The van der Waals surface area contributed by atoms with Crippen molar-refractivity contribution in [3.8, 4) is 6.19 Å². The molecular formula is C30H35F5N5O3+. The van der Waals surface area contributed by atoms with Crippen LogP contribution < -0.4 is 14.9 Å². The molecule has 3 unspecified atom stereocenters. The minimum absolute atomic E-state index is 0.0314. The summed E-state index contributed by atoms with van der Waals surface area (Å²) >= 11 is 0. The first kappa shape index (κ1) is 32.2. The van der Waals surface area contributed by atoms with E-state index in [2.05, 4.69) is 9.98 Å². The fourth-order valence-electron chi connectivity index (χ4n) is 5.78. The highest BCUT2D eigenvalue weighted by Gasteiger charge is 2.74. The fourth-order valence-corrected chi connectivity index (χ4v) is 5.78. The molecule has 232 valence electrons. The normalized spacial score (nSPS) is 23.4. The number of allylic oxidation sites excluding steroid dienone is 1. The zero-order valence-corrected chi connectivity index (χ0v) is 24.4. The first-order valence-electron chi connectivity index (χ1n) is 14.0. The third-order valence-electron chi connectivity index (χ3n) is 8.27. The van der Waals surface area contributed by atoms with E-state index in [4.69, 9.17) is 4.74 Å². The zero-order chi connectivity index (χ0) is 31.8. The Balaban J connectivity index is 1.92. The van der Waals surface area contributed by atoms with Crippen molar-refractivity contribution in [3.63, 3.8) is 0 Å². The Morgan fingerprint density at radius 1 is 1.14 bits per heavy atom. The second-order valence-corrected chi connectivity index (χ2v) is 12.2. The molecular weight excluding hydrogens is 573 g/mol. The molecule has 2 amide bonds. The first-order valence-corrected chi connectivity index (χ1v) is 14.0. The number of carbonyl (C=O) groups is 2. The van der Waals surface area contributed by atoms with E-state index in [1.54, 1.807) is 12.1 Å². The second kappa shape index (κ2) is 11.7. The van der Waals surface area contributed by atoms with Crippen LogP contribution in [0.2, 0.25) is 0 Å². The van der Waals surface area contributed by atoms with Gasteiger partial charge in [-0.15, -0.1) is 0 Å². The van der Waals surface area contributed by atoms with Crippen LogP contribution in [0.4, 0.5) is 27.6 Å². The van der Waals surface area contributed by atoms with Crippen molar-refractivity contribution >= 4 is 29.4 Å². The summed E-state index contributed by atoms with van der Waals surface area (Å²) in [7, 11) is 1.37. The van der Waals surface area contributed by atoms with Gasteiger partial charge in [-0.3, -0.25) is 19.4 Å². The minimum Gasteiger partial charge on any atom is -0.379 e. The maximum absolute atomic E-state index is 15.7. The lowest BCUT2D eigenvalue weighted by molar-refractivity contribution is -0.180. The number of nitrogens with zero attached hydrogens (tertiary/aromatic N) is 4. The van der Waals surface area contributed by atoms with Crippen molar-refractivity contribution in [2.24, 2.45) is 0 Å². The summed E-state index contributed by atoms with van der Waals surface area (Å²) in [5.74, 6) is -5.75. The smallest absolute Gasteiger partial charge is 0.379 e. The van der Waals surface area contributed by atoms with Crippen LogP contribution in [0.15, 0.2) is 36.4 Å². The summed E-state index contributed by atoms with van der Waals surface area (Å²) in [6.07, 6.45) is -2.67. The largest absolute Gasteiger partial charge is 0.433 e. The van der Waals surface area contributed by atoms with E-state index in [0.717, 1.165) is 22.8 Å². The SMILES string of the molecule is COC1CC(C(=O)N(c2ccc(C(C)(C)C)cc2)C(C(=O)NC2CCC(F)(F)CC2)(C2=[N+]=CC=C2)C(F)(F)F)N(C#N)C1. The van der Waals surface area contributed by atoms with E-state index in [1.165, 1.54) is 25.3 Å². The van der Waals surface area contributed by atoms with Crippen molar-refractivity contribution in [3.05, 3.63) is 42.0 Å². The molecule has 2 aliphatic heterocycles. The van der Waals surface area contributed by atoms with Gasteiger partial charge in [-0.05, 0) is 36.0 Å². The van der Waals surface area contributed by atoms with Gasteiger partial charge in [-0.2, -0.15) is 18.4 Å². The summed E-state index contributed by atoms with van der Waals surface area (Å²) in [4.78, 5) is 29.9. The van der Waals surface area contributed by atoms with Crippen molar-refractivity contribution < 1.29 is 36.3 Å². The number of amides is 2. The number of hydrogen-bond donors (Lipinski definition) is 1. The number of nitrogens with one attached hydrogen (secondary N) is 1. The Morgan fingerprint density at radius 2 is 1.77 bits per heavy atom. The van der Waals surface area contributed by atoms with Gasteiger partial charge in [0.25, 0.3) is 18.0 Å². The standard InChI is InChI=1S/C30H34F5N5O3/c1-27(2,3)19-7-9-21(10-8-19)40(25(41)23-16-22(43-4)17-39(23)18-36)29(30(33,34)35,24-6-5-15-37-24)26(42)38-20-11-13-28(31,32)14-12-20/h5-10,15,20,22-23H,11-14,16-17H2,1-4H3/p+1. The molecule has 1 aromatic carbocycles. The van der Waals surface area contributed by atoms with Crippen LogP contribution in [0.1, 0.15) is 58.4 Å². The van der Waals surface area contributed by atoms with Crippen LogP contribution in [0.5, 0.6) is 0 Å². The van der Waals surface area contributed by atoms with Crippen molar-refractivity contribution in [2.75, 3.05) is 18.6 Å². The number of likely N-dealkylation sites (tertiary alicyclic amines) is 1. The van der Waals surface area contributed by atoms with Gasteiger partial charge in [0.05, 0.1) is 12.6 Å². The number of anilines is 1. The first-order chi connectivity index (χ1) is 20.0. The van der Waals surface area contributed by atoms with Gasteiger partial charge >= 0.3 is 17.4 Å². The van der Waals surface area contributed by atoms with Crippen LogP contribution >= 0.6 is 0 Å². The third kappa shape index (κ3) is 6.17. The Bertz CT molecular complexity index is 1360. The molecule has 0 aromatic heterocycles. The zero-order valence-electron chi connectivity index (χ0n) is 24.4. The summed E-state index contributed by atoms with van der Waals surface area (Å²) < 4.78 is 84.0. The molecule has 43 heavy (non-hydrogen) atoms. The van der Waals surface area contributed by atoms with Gasteiger partial charge in [0.1, 0.15) is 6.04 Å². The average Bonchev–Trinajstić information content (AvgIpc) is 3.62. The molecule has 0 spiro atoms. The van der Waals surface area contributed by atoms with Gasteiger partial charge in [-0.1, -0.05) is 37.6 Å². The maximum atomic E-state index is 15.7. The number of benzene rings is 1. The predicted molar refractivity (Wildman–Crippen MR) is 151 cm³/mol. The van der Waals surface area contributed by atoms with E-state index >= 15 is 13.2 Å². The van der Waals surface area contributed by atoms with Crippen LogP contribution in [0, 0.1) is 11.5 Å². The Kier molecular flexibility index (Phi) is 8.78. The molecule has 1 N–H and O–H groups in total. The molecule has 1 saturated heterocycles. The highest BCUT2D eigenvalue weighted by molar-refractivity contribution is 6.27. The highest BCUT2D eigenvalue weighted by atomic mass is 19.4. The Morgan fingerprint density at radius 3 is 2.26 bits per heavy atom. The van der Waals surface area contributed by atoms with Gasteiger partial charge in [0.2, 0.25) is 5.92 Å². The molecule has 3 aliphatic rings. The summed E-state index contributed by atoms with van der Waals surface area (Å²) in [6, 6.07) is 3.45. The van der Waals surface area contributed by atoms with Crippen molar-refractivity contribution in [1.29, 1.82) is 5.26 Å². The number of halogens is 5. The fraction of sp³-hybridized carbons (Fsp3) is 0.567. The predicted octanol–water partition coefficient (Wildman–Crippen LogP) is 4.03. The van der Waals surface area contributed by atoms with E-state index in [0.29, 0.717) is 4.90 Å². The average molecular weight is 609 g/mol. The van der Waals surface area contributed by atoms with E-state index in [9.17, 15) is 23.6 Å². The number of carbonyl (C=O) groups excluding carboxylic acids is 2. The van der Waals surface area contributed by atoms with Crippen LogP contribution in [-0.2, 0) is 19.7 Å². The topological polar surface area (TPSA) is 99.8 Å². The summed E-state index contributed by atoms with van der Waals surface area (Å²) in [5.41, 5.74) is -4.32. The number of rotatable bonds is 7. The third-order valence-corrected chi connectivity index (χ3v) is 8.27. The summed E-state index contributed by atoms with van der Waals surface area (Å²) in [6.45, 7) is 5.70. The lowest BCUT2D eigenvalue weighted by atomic mass is 9.84. The molecule has 0 bridgehead atoms. The maximum Gasteiger partial charge on any atom is 0.433 e. The molecule has 1 saturated carbocycles. The molecule has 13 heteroatoms. The number of nitriles is 1. The van der Waals surface area contributed by atoms with Gasteiger partial charge in [-0.25, -0.2) is 8.78 Å². The number of ether oxygens (including phenoxy) is 1. The minimum atomic E-state index is -5.44. The van der Waals surface area contributed by atoms with Gasteiger partial charge in [0.15, 0.2) is 6.19 Å². The Hall–Kier alpha value is -3.75. The van der Waals surface area contributed by atoms with Crippen LogP contribution in [0.3, 0.4) is 0 Å². The van der Waals surface area contributed by atoms with E-state index in [1.807, 2.05) is 27.0 Å². The van der Waals surface area contributed by atoms with Crippen LogP contribution in [0.25, 0.3) is 0 Å². The van der Waals surface area contributed by atoms with Gasteiger partial charge in [0, 0.05) is 50.3 Å². The van der Waals surface area contributed by atoms with Crippen molar-refractivity contribution in [2.45, 2.75) is 94.1 Å². The molecule has 1 aliphatic carbocycles. The number of alkyl halides is 5. The second-order valence-electron chi connectivity index (χ2n) is 12.2. The van der Waals surface area contributed by atoms with E-state index in [-0.39, 0.29) is 36.9 Å². The molecule has 2 fully saturated rings. The number of hydrogen-bond acceptors (Lipinski definition) is 5. The van der Waals surface area contributed by atoms with E-state index < -0.39 is 66.2 Å². The molecule has 2 heterocycles. The van der Waals surface area contributed by atoms with Crippen LogP contribution in [-0.4, -0.2) is 78.1 Å². The lowest BCUT2D eigenvalue weighted by Crippen LogP contribution is -2.75. The number of methoxy groups -OCH3 is 1. The molecule has 8 nitrogen and oxygen atoms in total. The summed E-state index contributed by atoms with van der Waals surface area (Å²) in [5, 5.41) is 12.1. The van der Waals surface area contributed by atoms with Crippen molar-refractivity contribution in [1.82, 2.24) is 14.9 Å². The Labute approximate surface area is 246 Å². The van der Waals surface area contributed by atoms with Gasteiger partial charge < -0.3 is 10.1 Å².